The van der Waals surface area contributed by atoms with E-state index in [1.54, 1.807) is 0 Å². The summed E-state index contributed by atoms with van der Waals surface area (Å²) in [6, 6.07) is 0. The summed E-state index contributed by atoms with van der Waals surface area (Å²) in [6.45, 7) is 0. The molecule has 2 N–H and O–H groups in total. The Kier molecular flexibility index (Phi) is 3.11. The van der Waals surface area contributed by atoms with Crippen molar-refractivity contribution in [2.24, 2.45) is 0 Å². The molecule has 0 radical (unpaired) electrons. The Morgan fingerprint density at radius 2 is 2.07 bits per heavy atom. The average molecular weight is 280 g/mol. The monoisotopic (exact) mass is 280 g/mol. The van der Waals surface area contributed by atoms with Crippen molar-refractivity contribution in [2.45, 2.75) is 11.7 Å². The standard InChI is InChI=1S/C6H11O6PS2/c1-11-13(14,12-2)15-4(6(9)10)3-5(7)8/h4H,3H2,1-2H3,(H,7,8)(H,9,10)/i1D3,2D3. The van der Waals surface area contributed by atoms with E-state index in [9.17, 15) is 9.59 Å². The van der Waals surface area contributed by atoms with Gasteiger partial charge in [-0.15, -0.1) is 0 Å². The summed E-state index contributed by atoms with van der Waals surface area (Å²) in [5.41, 5.74) is -4.15. The third-order valence-electron chi connectivity index (χ3n) is 1.12. The first kappa shape index (κ1) is 7.24. The molecule has 0 aromatic rings. The molecule has 1 unspecified atom stereocenters. The zero-order chi connectivity index (χ0) is 17.1. The number of hydrogen-bond acceptors (Lipinski definition) is 6. The molecule has 0 aromatic heterocycles. The van der Waals surface area contributed by atoms with E-state index in [1.807, 2.05) is 0 Å². The zero-order valence-electron chi connectivity index (χ0n) is 13.1. The summed E-state index contributed by atoms with van der Waals surface area (Å²) in [5.74, 6) is -3.10. The number of hydrogen-bond donors (Lipinski definition) is 2. The molecule has 0 aliphatic rings. The van der Waals surface area contributed by atoms with Crippen LogP contribution in [-0.2, 0) is 30.4 Å². The lowest BCUT2D eigenvalue weighted by atomic mass is 10.3. The maximum atomic E-state index is 10.9. The van der Waals surface area contributed by atoms with E-state index in [0.717, 1.165) is 0 Å². The molecule has 9 heteroatoms. The maximum absolute atomic E-state index is 10.9. The Bertz CT molecular complexity index is 430. The van der Waals surface area contributed by atoms with Crippen LogP contribution in [0, 0.1) is 0 Å². The van der Waals surface area contributed by atoms with Gasteiger partial charge in [-0.05, 0) is 11.8 Å². The Morgan fingerprint density at radius 1 is 1.53 bits per heavy atom. The van der Waals surface area contributed by atoms with Gasteiger partial charge in [0.1, 0.15) is 5.25 Å². The molecule has 6 nitrogen and oxygen atoms in total. The minimum atomic E-state index is -4.15. The molecule has 0 saturated heterocycles. The lowest BCUT2D eigenvalue weighted by Gasteiger charge is -2.19. The van der Waals surface area contributed by atoms with Crippen LogP contribution in [-0.4, -0.2) is 41.5 Å². The molecule has 0 aromatic carbocycles. The van der Waals surface area contributed by atoms with Crippen LogP contribution in [0.4, 0.5) is 0 Å². The second-order valence-electron chi connectivity index (χ2n) is 2.16. The fourth-order valence-electron chi connectivity index (χ4n) is 0.546. The van der Waals surface area contributed by atoms with Crippen LogP contribution in [0.2, 0.25) is 0 Å². The summed E-state index contributed by atoms with van der Waals surface area (Å²) in [6.07, 6.45) is -0.910. The number of rotatable bonds is 7. The summed E-state index contributed by atoms with van der Waals surface area (Å²) in [4.78, 5) is 21.5. The predicted octanol–water partition coefficient (Wildman–Crippen LogP) is 1.16. The summed E-state index contributed by atoms with van der Waals surface area (Å²) < 4.78 is 50.3. The highest BCUT2D eigenvalue weighted by molar-refractivity contribution is 8.68. The molecule has 0 saturated carbocycles. The van der Waals surface area contributed by atoms with E-state index in [2.05, 4.69) is 9.05 Å². The van der Waals surface area contributed by atoms with Gasteiger partial charge >= 0.3 is 11.9 Å². The molecule has 0 aliphatic carbocycles. The van der Waals surface area contributed by atoms with E-state index < -0.39 is 43.4 Å². The Labute approximate surface area is 104 Å². The van der Waals surface area contributed by atoms with Crippen molar-refractivity contribution < 1.29 is 37.1 Å². The smallest absolute Gasteiger partial charge is 0.317 e. The van der Waals surface area contributed by atoms with Crippen LogP contribution in [0.3, 0.4) is 0 Å². The van der Waals surface area contributed by atoms with Crippen LogP contribution < -0.4 is 0 Å². The molecule has 0 amide bonds. The molecule has 88 valence electrons. The first-order chi connectivity index (χ1) is 9.14. The second-order valence-corrected chi connectivity index (χ2v) is 8.41. The molecular formula is C6H11O6PS2. The van der Waals surface area contributed by atoms with Crippen LogP contribution in [0.5, 0.6) is 0 Å². The van der Waals surface area contributed by atoms with Gasteiger partial charge in [-0.25, -0.2) is 0 Å². The third-order valence-corrected chi connectivity index (χ3v) is 5.65. The Morgan fingerprint density at radius 3 is 2.40 bits per heavy atom. The SMILES string of the molecule is [2H]C([2H])([2H])OP(=S)(OC([2H])([2H])[2H])SC(CC(=O)O)C(=O)O. The number of carbonyl (C=O) groups is 2. The van der Waals surface area contributed by atoms with Crippen molar-refractivity contribution in [3.63, 3.8) is 0 Å². The minimum absolute atomic E-state index is 0.0634. The highest BCUT2D eigenvalue weighted by Gasteiger charge is 2.30. The fraction of sp³-hybridized carbons (Fsp3) is 0.667. The van der Waals surface area contributed by atoms with Crippen molar-refractivity contribution in [3.05, 3.63) is 0 Å². The van der Waals surface area contributed by atoms with Crippen molar-refractivity contribution >= 4 is 40.8 Å². The van der Waals surface area contributed by atoms with E-state index in [-0.39, 0.29) is 11.4 Å². The van der Waals surface area contributed by atoms with Crippen LogP contribution in [0.15, 0.2) is 0 Å². The normalized spacial score (nSPS) is 21.1. The van der Waals surface area contributed by atoms with E-state index in [1.165, 1.54) is 0 Å². The highest BCUT2D eigenvalue weighted by atomic mass is 32.9. The van der Waals surface area contributed by atoms with Crippen molar-refractivity contribution in [1.82, 2.24) is 0 Å². The molecule has 1 atom stereocenters. The van der Waals surface area contributed by atoms with E-state index in [0.29, 0.717) is 0 Å². The maximum Gasteiger partial charge on any atom is 0.317 e. The first-order valence-electron chi connectivity index (χ1n) is 6.28. The average Bonchev–Trinajstić information content (AvgIpc) is 2.07. The Balaban J connectivity index is 5.33. The van der Waals surface area contributed by atoms with Gasteiger partial charge in [0, 0.05) is 14.1 Å². The number of aliphatic carboxylic acids is 2. The number of carboxylic acid groups (broad SMARTS) is 2. The van der Waals surface area contributed by atoms with Crippen LogP contribution in [0.1, 0.15) is 14.6 Å². The molecule has 0 spiro atoms. The van der Waals surface area contributed by atoms with Crippen molar-refractivity contribution in [1.29, 1.82) is 0 Å². The third kappa shape index (κ3) is 5.48. The van der Waals surface area contributed by atoms with Crippen LogP contribution in [0.25, 0.3) is 0 Å². The quantitative estimate of drug-likeness (QED) is 0.671. The minimum Gasteiger partial charge on any atom is -0.481 e. The van der Waals surface area contributed by atoms with Gasteiger partial charge in [0.2, 0.25) is 5.69 Å². The lowest BCUT2D eigenvalue weighted by Crippen LogP contribution is -2.20. The summed E-state index contributed by atoms with van der Waals surface area (Å²) in [7, 11) is -6.25. The molecule has 0 bridgehead atoms. The molecular weight excluding hydrogens is 263 g/mol. The van der Waals surface area contributed by atoms with Gasteiger partial charge in [-0.2, -0.15) is 0 Å². The molecule has 15 heavy (non-hydrogen) atoms. The summed E-state index contributed by atoms with van der Waals surface area (Å²) in [5, 5.41) is 15.8. The van der Waals surface area contributed by atoms with E-state index in [4.69, 9.17) is 30.2 Å². The number of carboxylic acids is 2. The van der Waals surface area contributed by atoms with E-state index >= 15 is 0 Å². The van der Waals surface area contributed by atoms with Crippen molar-refractivity contribution in [3.8, 4) is 0 Å². The zero-order valence-corrected chi connectivity index (χ0v) is 9.60. The molecule has 0 rings (SSSR count). The van der Waals surface area contributed by atoms with Gasteiger partial charge in [-0.1, -0.05) is 11.4 Å². The van der Waals surface area contributed by atoms with Gasteiger partial charge in [-0.3, -0.25) is 9.59 Å². The van der Waals surface area contributed by atoms with Gasteiger partial charge in [0.15, 0.2) is 0 Å². The summed E-state index contributed by atoms with van der Waals surface area (Å²) >= 11 is 4.76. The van der Waals surface area contributed by atoms with Gasteiger partial charge in [0.25, 0.3) is 0 Å². The topological polar surface area (TPSA) is 93.1 Å². The molecule has 0 fully saturated rings. The highest BCUT2D eigenvalue weighted by Crippen LogP contribution is 2.61. The molecule has 0 heterocycles. The fourth-order valence-corrected chi connectivity index (χ4v) is 3.91. The largest absolute Gasteiger partial charge is 0.481 e. The van der Waals surface area contributed by atoms with Gasteiger partial charge < -0.3 is 19.3 Å². The molecule has 0 aliphatic heterocycles. The van der Waals surface area contributed by atoms with Crippen molar-refractivity contribution in [2.75, 3.05) is 14.1 Å². The second kappa shape index (κ2) is 6.44. The predicted molar refractivity (Wildman–Crippen MR) is 59.6 cm³/mol. The lowest BCUT2D eigenvalue weighted by molar-refractivity contribution is -0.142. The Hall–Kier alpha value is -0.140. The van der Waals surface area contributed by atoms with Crippen LogP contribution >= 0.6 is 17.1 Å². The van der Waals surface area contributed by atoms with Gasteiger partial charge in [0.05, 0.1) is 14.6 Å². The first-order valence-corrected chi connectivity index (χ1v) is 7.40.